The fourth-order valence-electron chi connectivity index (χ4n) is 9.33. The van der Waals surface area contributed by atoms with Gasteiger partial charge >= 0.3 is 0 Å². The minimum atomic E-state index is -1.59. The van der Waals surface area contributed by atoms with E-state index in [1.54, 1.807) is 0 Å². The summed E-state index contributed by atoms with van der Waals surface area (Å²) in [4.78, 5) is 0. The molecule has 0 spiro atoms. The largest absolute Gasteiger partial charge is 0.0693 e. The van der Waals surface area contributed by atoms with E-state index in [-0.39, 0.29) is 0 Å². The summed E-state index contributed by atoms with van der Waals surface area (Å²) >= 11 is 0. The highest BCUT2D eigenvalue weighted by Gasteiger charge is 2.65. The molecule has 0 fully saturated rings. The van der Waals surface area contributed by atoms with Crippen molar-refractivity contribution >= 4 is 69.2 Å². The summed E-state index contributed by atoms with van der Waals surface area (Å²) in [5.74, 6) is 0. The summed E-state index contributed by atoms with van der Waals surface area (Å²) < 4.78 is 1.13. The van der Waals surface area contributed by atoms with Crippen molar-refractivity contribution in [3.63, 3.8) is 0 Å². The molecule has 0 aromatic heterocycles. The zero-order valence-electron chi connectivity index (χ0n) is 29.9. The third-order valence-corrected chi connectivity index (χ3v) is 55.6. The highest BCUT2D eigenvalue weighted by atomic mass is 28.9. The lowest BCUT2D eigenvalue weighted by atomic mass is 9.93. The van der Waals surface area contributed by atoms with Crippen LogP contribution in [0.3, 0.4) is 0 Å². The predicted molar refractivity (Wildman–Crippen MR) is 202 cm³/mol. The maximum absolute atomic E-state index is 2.79. The second kappa shape index (κ2) is 10.3. The zero-order valence-corrected chi connectivity index (χ0v) is 35.9. The van der Waals surface area contributed by atoms with E-state index in [2.05, 4.69) is 157 Å². The van der Waals surface area contributed by atoms with Crippen molar-refractivity contribution in [3.8, 4) is 0 Å². The minimum absolute atomic E-state index is 0.350. The SMILES string of the molecule is CC(C)(C)CC([Si]1=[Si](C(CC(C)(C)C)([Si](C)(C)C)[Si](C)(C)C)c2cc3ccccc3cc21)([Si](C)(C)C)[Si](C)(C)C. The smallest absolute Gasteiger partial charge is 0.0485 e. The van der Waals surface area contributed by atoms with Crippen LogP contribution in [0.2, 0.25) is 87.1 Å². The fourth-order valence-corrected chi connectivity index (χ4v) is 74.0. The molecule has 3 rings (SSSR count). The van der Waals surface area contributed by atoms with E-state index in [1.165, 1.54) is 23.6 Å². The number of hydrogen-bond donors (Lipinski definition) is 0. The van der Waals surface area contributed by atoms with Gasteiger partial charge < -0.3 is 0 Å². The molecule has 1 heterocycles. The molecule has 0 bridgehead atoms. The molecular formula is C34H64Si6. The van der Waals surface area contributed by atoms with Gasteiger partial charge in [-0.05, 0) is 53.4 Å². The topological polar surface area (TPSA) is 0 Å². The molecule has 1 aliphatic rings. The Morgan fingerprint density at radius 2 is 0.725 bits per heavy atom. The Morgan fingerprint density at radius 1 is 0.475 bits per heavy atom. The van der Waals surface area contributed by atoms with Gasteiger partial charge in [0.25, 0.3) is 0 Å². The molecule has 0 saturated heterocycles. The average Bonchev–Trinajstić information content (AvgIpc) is 2.68. The van der Waals surface area contributed by atoms with Crippen molar-refractivity contribution in [1.29, 1.82) is 0 Å². The molecule has 0 nitrogen and oxygen atoms in total. The molecule has 224 valence electrons. The molecule has 2 aromatic carbocycles. The van der Waals surface area contributed by atoms with Crippen molar-refractivity contribution in [1.82, 2.24) is 0 Å². The number of rotatable bonds is 8. The van der Waals surface area contributed by atoms with E-state index >= 15 is 0 Å². The van der Waals surface area contributed by atoms with Crippen LogP contribution in [0.25, 0.3) is 10.8 Å². The molecule has 0 aliphatic carbocycles. The first-order valence-corrected chi connectivity index (χ1v) is 33.9. The van der Waals surface area contributed by atoms with Gasteiger partial charge in [0, 0.05) is 48.1 Å². The lowest BCUT2D eigenvalue weighted by molar-refractivity contribution is 0.368. The summed E-state index contributed by atoms with van der Waals surface area (Å²) in [6.45, 7) is 48.9. The minimum Gasteiger partial charge on any atom is -0.0693 e. The van der Waals surface area contributed by atoms with E-state index in [4.69, 9.17) is 0 Å². The molecule has 2 aromatic rings. The van der Waals surface area contributed by atoms with E-state index in [1.807, 2.05) is 10.4 Å². The Kier molecular flexibility index (Phi) is 8.87. The van der Waals surface area contributed by atoms with Crippen LogP contribution in [0.15, 0.2) is 36.4 Å². The van der Waals surface area contributed by atoms with Crippen LogP contribution in [-0.4, -0.2) is 48.1 Å². The highest BCUT2D eigenvalue weighted by molar-refractivity contribution is 7.35. The monoisotopic (exact) mass is 640 g/mol. The predicted octanol–water partition coefficient (Wildman–Crippen LogP) is 10.2. The number of benzene rings is 2. The van der Waals surface area contributed by atoms with Crippen molar-refractivity contribution in [3.05, 3.63) is 36.4 Å². The Hall–Kier alpha value is 0.00130. The maximum atomic E-state index is 2.79. The van der Waals surface area contributed by atoms with Gasteiger partial charge in [-0.2, -0.15) is 0 Å². The Labute approximate surface area is 256 Å². The van der Waals surface area contributed by atoms with Crippen molar-refractivity contribution in [2.45, 2.75) is 142 Å². The molecule has 0 N–H and O–H groups in total. The van der Waals surface area contributed by atoms with Gasteiger partial charge in [-0.15, -0.1) is 0 Å². The Morgan fingerprint density at radius 3 is 0.925 bits per heavy atom. The molecule has 6 heteroatoms. The molecule has 0 unspecified atom stereocenters. The van der Waals surface area contributed by atoms with Gasteiger partial charge in [0.1, 0.15) is 0 Å². The first-order chi connectivity index (χ1) is 17.6. The third kappa shape index (κ3) is 5.76. The molecule has 0 amide bonds. The maximum Gasteiger partial charge on any atom is 0.0485 e. The van der Waals surface area contributed by atoms with E-state index < -0.39 is 48.1 Å². The molecule has 0 saturated carbocycles. The first-order valence-electron chi connectivity index (χ1n) is 15.9. The summed E-state index contributed by atoms with van der Waals surface area (Å²) in [6.07, 6.45) is 2.87. The number of fused-ring (bicyclic) bond motifs is 2. The van der Waals surface area contributed by atoms with Crippen LogP contribution >= 0.6 is 0 Å². The van der Waals surface area contributed by atoms with Crippen molar-refractivity contribution < 1.29 is 0 Å². The van der Waals surface area contributed by atoms with Crippen LogP contribution in [-0.2, 0) is 0 Å². The number of hydrogen-bond acceptors (Lipinski definition) is 0. The second-order valence-electron chi connectivity index (χ2n) is 19.8. The highest BCUT2D eigenvalue weighted by Crippen LogP contribution is 2.60. The summed E-state index contributed by atoms with van der Waals surface area (Å²) in [7, 11) is -7.89. The van der Waals surface area contributed by atoms with E-state index in [9.17, 15) is 0 Å². The molecule has 40 heavy (non-hydrogen) atoms. The van der Waals surface area contributed by atoms with Gasteiger partial charge in [-0.25, -0.2) is 0 Å². The van der Waals surface area contributed by atoms with Crippen molar-refractivity contribution in [2.24, 2.45) is 10.8 Å². The standard InChI is InChI=1S/C34H64Si6/c1-31(2,3)25-33(37(7,8)9,38(10,11)12)35-29-23-27-21-19-20-22-28(27)24-30(29)36(35)34(39(13,14)15,40(16,17)18)26-32(4,5)6/h19-24H,25-26H2,1-18H3. The fraction of sp³-hybridized carbons (Fsp3) is 0.706. The Bertz CT molecular complexity index is 1160. The van der Waals surface area contributed by atoms with Gasteiger partial charge in [0.2, 0.25) is 0 Å². The summed E-state index contributed by atoms with van der Waals surface area (Å²) in [6, 6.07) is 14.8. The van der Waals surface area contributed by atoms with Crippen molar-refractivity contribution in [2.75, 3.05) is 0 Å². The third-order valence-electron chi connectivity index (χ3n) is 10.2. The van der Waals surface area contributed by atoms with E-state index in [0.717, 1.165) is 0 Å². The normalized spacial score (nSPS) is 16.4. The summed E-state index contributed by atoms with van der Waals surface area (Å²) in [5, 5.41) is 6.76. The zero-order chi connectivity index (χ0) is 31.1. The van der Waals surface area contributed by atoms with Crippen LogP contribution in [0.1, 0.15) is 54.4 Å². The molecule has 0 radical (unpaired) electrons. The molecular weight excluding hydrogens is 577 g/mol. The lowest BCUT2D eigenvalue weighted by Crippen LogP contribution is -2.79. The van der Waals surface area contributed by atoms with Gasteiger partial charge in [0.15, 0.2) is 0 Å². The van der Waals surface area contributed by atoms with Gasteiger partial charge in [0.05, 0.1) is 0 Å². The van der Waals surface area contributed by atoms with Crippen LogP contribution < -0.4 is 10.4 Å². The van der Waals surface area contributed by atoms with Gasteiger partial charge in [-0.3, -0.25) is 0 Å². The average molecular weight is 641 g/mol. The first kappa shape index (κ1) is 34.5. The van der Waals surface area contributed by atoms with Gasteiger partial charge in [-0.1, -0.05) is 157 Å². The molecule has 0 atom stereocenters. The van der Waals surface area contributed by atoms with Crippen LogP contribution in [0.5, 0.6) is 0 Å². The Balaban J connectivity index is 2.73. The van der Waals surface area contributed by atoms with Crippen LogP contribution in [0.4, 0.5) is 0 Å². The van der Waals surface area contributed by atoms with Crippen LogP contribution in [0, 0.1) is 10.8 Å². The van der Waals surface area contributed by atoms with E-state index in [0.29, 0.717) is 19.4 Å². The molecule has 1 aliphatic heterocycles. The summed E-state index contributed by atoms with van der Waals surface area (Å²) in [5.41, 5.74) is 0.700. The quantitative estimate of drug-likeness (QED) is 0.252. The second-order valence-corrected chi connectivity index (χ2v) is 51.5. The lowest BCUT2D eigenvalue weighted by Gasteiger charge is -2.64.